The lowest BCUT2D eigenvalue weighted by Gasteiger charge is -2.11. The molecule has 0 aliphatic carbocycles. The molecule has 2 aromatic rings. The number of primary amides is 1. The van der Waals surface area contributed by atoms with Gasteiger partial charge in [-0.1, -0.05) is 36.8 Å². The van der Waals surface area contributed by atoms with Crippen LogP contribution in [0.15, 0.2) is 42.1 Å². The van der Waals surface area contributed by atoms with Crippen molar-refractivity contribution in [2.45, 2.75) is 33.6 Å². The van der Waals surface area contributed by atoms with Crippen LogP contribution in [0.25, 0.3) is 17.8 Å². The molecule has 1 heterocycles. The van der Waals surface area contributed by atoms with Crippen LogP contribution in [0.4, 0.5) is 5.82 Å². The lowest BCUT2D eigenvalue weighted by atomic mass is 10.1. The third-order valence-corrected chi connectivity index (χ3v) is 4.74. The summed E-state index contributed by atoms with van der Waals surface area (Å²) in [6, 6.07) is 5.07. The quantitative estimate of drug-likeness (QED) is 0.656. The highest BCUT2D eigenvalue weighted by Gasteiger charge is 2.18. The van der Waals surface area contributed by atoms with Crippen molar-refractivity contribution in [1.29, 1.82) is 0 Å². The number of amides is 1. The Kier molecular flexibility index (Phi) is 7.53. The Morgan fingerprint density at radius 3 is 2.60 bits per heavy atom. The Bertz CT molecular complexity index is 1110. The summed E-state index contributed by atoms with van der Waals surface area (Å²) < 4.78 is 1.79. The molecule has 0 saturated heterocycles. The van der Waals surface area contributed by atoms with E-state index in [2.05, 4.69) is 6.08 Å². The third kappa shape index (κ3) is 5.14. The average molecular weight is 409 g/mol. The van der Waals surface area contributed by atoms with Crippen molar-refractivity contribution in [3.8, 4) is 11.4 Å². The summed E-state index contributed by atoms with van der Waals surface area (Å²) in [5, 5.41) is 11.5. The van der Waals surface area contributed by atoms with Crippen molar-refractivity contribution in [1.82, 2.24) is 9.47 Å². The standard InChI is InChI=1S/C24H32N4O2/c1-6-8-19-20(13-10-16(2)9-7-14-27(4)5)28(23(25)22(19)24(26)30)21-15-18(29)12-11-17(21)3/h7-8,10-15,29H,6,9,25H2,1-5H3,(H2,26,30)/b14-7-,16-10+,19-8-,20-13+. The number of nitrogen functional groups attached to an aromatic ring is 1. The van der Waals surface area contributed by atoms with Gasteiger partial charge in [0.05, 0.1) is 16.6 Å². The van der Waals surface area contributed by atoms with Crippen LogP contribution in [0.3, 0.4) is 0 Å². The topological polar surface area (TPSA) is 97.5 Å². The lowest BCUT2D eigenvalue weighted by Crippen LogP contribution is -2.32. The van der Waals surface area contributed by atoms with E-state index >= 15 is 0 Å². The number of aryl methyl sites for hydroxylation is 1. The van der Waals surface area contributed by atoms with Gasteiger partial charge in [0.25, 0.3) is 5.91 Å². The Hall–Kier alpha value is -3.41. The summed E-state index contributed by atoms with van der Waals surface area (Å²) >= 11 is 0. The predicted octanol–water partition coefficient (Wildman–Crippen LogP) is 2.56. The zero-order valence-electron chi connectivity index (χ0n) is 18.4. The van der Waals surface area contributed by atoms with E-state index in [4.69, 9.17) is 11.5 Å². The fraction of sp³-hybridized carbons (Fsp3) is 0.292. The number of aromatic nitrogens is 1. The summed E-state index contributed by atoms with van der Waals surface area (Å²) in [4.78, 5) is 14.2. The smallest absolute Gasteiger partial charge is 0.253 e. The highest BCUT2D eigenvalue weighted by atomic mass is 16.3. The van der Waals surface area contributed by atoms with Crippen molar-refractivity contribution in [2.75, 3.05) is 19.8 Å². The molecule has 2 rings (SSSR count). The first-order valence-electron chi connectivity index (χ1n) is 9.98. The molecule has 1 aromatic heterocycles. The number of carbonyl (C=O) groups excluding carboxylic acids is 1. The molecular formula is C24H32N4O2. The van der Waals surface area contributed by atoms with E-state index in [1.165, 1.54) is 0 Å². The van der Waals surface area contributed by atoms with Gasteiger partial charge < -0.3 is 21.5 Å². The summed E-state index contributed by atoms with van der Waals surface area (Å²) in [7, 11) is 3.96. The van der Waals surface area contributed by atoms with Crippen molar-refractivity contribution in [3.63, 3.8) is 0 Å². The molecule has 0 unspecified atom stereocenters. The number of carbonyl (C=O) groups is 1. The molecule has 6 heteroatoms. The van der Waals surface area contributed by atoms with Gasteiger partial charge in [0.15, 0.2) is 0 Å². The first-order valence-corrected chi connectivity index (χ1v) is 9.98. The summed E-state index contributed by atoms with van der Waals surface area (Å²) in [6.07, 6.45) is 11.5. The Morgan fingerprint density at radius 2 is 2.00 bits per heavy atom. The summed E-state index contributed by atoms with van der Waals surface area (Å²) in [5.41, 5.74) is 15.2. The van der Waals surface area contributed by atoms with Crippen molar-refractivity contribution in [3.05, 3.63) is 63.8 Å². The number of benzene rings is 1. The minimum Gasteiger partial charge on any atom is -0.508 e. The molecule has 6 nitrogen and oxygen atoms in total. The minimum atomic E-state index is -0.576. The molecule has 0 bridgehead atoms. The molecule has 0 fully saturated rings. The highest BCUT2D eigenvalue weighted by Crippen LogP contribution is 2.22. The van der Waals surface area contributed by atoms with Gasteiger partial charge in [0.1, 0.15) is 11.6 Å². The molecular weight excluding hydrogens is 376 g/mol. The number of allylic oxidation sites excluding steroid dienone is 3. The van der Waals surface area contributed by atoms with Gasteiger partial charge in [-0.15, -0.1) is 0 Å². The highest BCUT2D eigenvalue weighted by molar-refractivity contribution is 5.98. The Labute approximate surface area is 178 Å². The fourth-order valence-corrected chi connectivity index (χ4v) is 3.30. The Balaban J connectivity index is 2.83. The first-order chi connectivity index (χ1) is 14.2. The van der Waals surface area contributed by atoms with Crippen molar-refractivity contribution >= 4 is 23.9 Å². The van der Waals surface area contributed by atoms with Crippen molar-refractivity contribution < 1.29 is 9.90 Å². The van der Waals surface area contributed by atoms with Gasteiger partial charge in [0.2, 0.25) is 0 Å². The monoisotopic (exact) mass is 408 g/mol. The van der Waals surface area contributed by atoms with Crippen LogP contribution in [0.2, 0.25) is 0 Å². The molecule has 0 aliphatic rings. The molecule has 0 radical (unpaired) electrons. The second-order valence-corrected chi connectivity index (χ2v) is 7.57. The van der Waals surface area contributed by atoms with Crippen LogP contribution in [-0.2, 0) is 0 Å². The van der Waals surface area contributed by atoms with Crippen molar-refractivity contribution in [2.24, 2.45) is 5.73 Å². The van der Waals surface area contributed by atoms with Crippen LogP contribution < -0.4 is 22.0 Å². The van der Waals surface area contributed by atoms with E-state index in [9.17, 15) is 9.90 Å². The maximum absolute atomic E-state index is 12.2. The summed E-state index contributed by atoms with van der Waals surface area (Å²) in [5.74, 6) is -0.189. The molecule has 160 valence electrons. The molecule has 30 heavy (non-hydrogen) atoms. The number of phenols is 1. The third-order valence-electron chi connectivity index (χ3n) is 4.74. The van der Waals surface area contributed by atoms with Gasteiger partial charge in [-0.3, -0.25) is 9.36 Å². The van der Waals surface area contributed by atoms with Crippen LogP contribution >= 0.6 is 0 Å². The number of nitrogens with two attached hydrogens (primary N) is 2. The minimum absolute atomic E-state index is 0.122. The fourth-order valence-electron chi connectivity index (χ4n) is 3.30. The van der Waals surface area contributed by atoms with E-state index in [0.29, 0.717) is 16.5 Å². The number of hydrogen-bond acceptors (Lipinski definition) is 4. The maximum atomic E-state index is 12.2. The first kappa shape index (κ1) is 22.9. The van der Waals surface area contributed by atoms with E-state index in [1.807, 2.05) is 70.3 Å². The van der Waals surface area contributed by atoms with E-state index in [-0.39, 0.29) is 11.6 Å². The number of rotatable bonds is 7. The second-order valence-electron chi connectivity index (χ2n) is 7.57. The van der Waals surface area contributed by atoms with Gasteiger partial charge >= 0.3 is 0 Å². The maximum Gasteiger partial charge on any atom is 0.253 e. The van der Waals surface area contributed by atoms with E-state index in [1.54, 1.807) is 16.7 Å². The summed E-state index contributed by atoms with van der Waals surface area (Å²) in [6.45, 7) is 5.97. The molecule has 5 N–H and O–H groups in total. The van der Waals surface area contributed by atoms with Crippen LogP contribution in [-0.4, -0.2) is 34.6 Å². The largest absolute Gasteiger partial charge is 0.508 e. The lowest BCUT2D eigenvalue weighted by molar-refractivity contribution is 0.100. The van der Waals surface area contributed by atoms with E-state index < -0.39 is 5.91 Å². The second kappa shape index (κ2) is 9.87. The molecule has 1 aromatic carbocycles. The Morgan fingerprint density at radius 1 is 1.30 bits per heavy atom. The number of hydrogen-bond donors (Lipinski definition) is 3. The van der Waals surface area contributed by atoms with Gasteiger partial charge in [-0.05, 0) is 50.6 Å². The number of aromatic hydroxyl groups is 1. The zero-order chi connectivity index (χ0) is 22.4. The average Bonchev–Trinajstić information content (AvgIpc) is 2.93. The zero-order valence-corrected chi connectivity index (χ0v) is 18.4. The molecule has 0 aliphatic heterocycles. The predicted molar refractivity (Wildman–Crippen MR) is 125 cm³/mol. The van der Waals surface area contributed by atoms with Gasteiger partial charge in [-0.2, -0.15) is 0 Å². The number of phenolic OH excluding ortho intramolecular Hbond substituents is 1. The van der Waals surface area contributed by atoms with Crippen LogP contribution in [0.5, 0.6) is 5.75 Å². The normalized spacial score (nSPS) is 13.4. The molecule has 0 atom stereocenters. The number of anilines is 1. The molecule has 0 spiro atoms. The van der Waals surface area contributed by atoms with Gasteiger partial charge in [0, 0.05) is 25.4 Å². The molecule has 0 saturated carbocycles. The van der Waals surface area contributed by atoms with Crippen LogP contribution in [0.1, 0.15) is 42.6 Å². The SMILES string of the molecule is CC\C=c1/c(C(N)=O)c(N)n(-c2cc(O)ccc2C)/c1=C/C=C(\C)C/C=C\N(C)C. The van der Waals surface area contributed by atoms with Crippen LogP contribution in [0, 0.1) is 6.92 Å². The number of nitrogens with zero attached hydrogens (tertiary/aromatic N) is 2. The molecule has 1 amide bonds. The van der Waals surface area contributed by atoms with E-state index in [0.717, 1.165) is 29.3 Å². The van der Waals surface area contributed by atoms with Gasteiger partial charge in [-0.25, -0.2) is 0 Å².